The zero-order valence-electron chi connectivity index (χ0n) is 14.7. The highest BCUT2D eigenvalue weighted by atomic mass is 16.3. The Hall–Kier alpha value is -1.40. The van der Waals surface area contributed by atoms with Gasteiger partial charge in [0.05, 0.1) is 25.4 Å². The van der Waals surface area contributed by atoms with Crippen molar-refractivity contribution >= 4 is 5.91 Å². The predicted octanol–water partition coefficient (Wildman–Crippen LogP) is 1.23. The maximum absolute atomic E-state index is 12.1. The standard InChI is InChI=1S/C16H30N4O2/c1-7-19(11-15(22)17-16(4,5)6)10-14-12(2)18-20(8-9-21)13(14)3/h21H,7-11H2,1-6H3,(H,17,22). The molecule has 1 heterocycles. The largest absolute Gasteiger partial charge is 0.394 e. The summed E-state index contributed by atoms with van der Waals surface area (Å²) >= 11 is 0. The van der Waals surface area contributed by atoms with Crippen molar-refractivity contribution in [1.29, 1.82) is 0 Å². The summed E-state index contributed by atoms with van der Waals surface area (Å²) in [6, 6.07) is 0. The number of nitrogens with zero attached hydrogens (tertiary/aromatic N) is 3. The molecule has 0 aliphatic heterocycles. The lowest BCUT2D eigenvalue weighted by molar-refractivity contribution is -0.123. The first kappa shape index (κ1) is 18.6. The summed E-state index contributed by atoms with van der Waals surface area (Å²) in [6.07, 6.45) is 0. The fraction of sp³-hybridized carbons (Fsp3) is 0.750. The maximum Gasteiger partial charge on any atom is 0.234 e. The number of hydrogen-bond donors (Lipinski definition) is 2. The monoisotopic (exact) mass is 310 g/mol. The molecule has 0 spiro atoms. The zero-order chi connectivity index (χ0) is 16.9. The molecule has 0 saturated heterocycles. The third kappa shape index (κ3) is 5.42. The van der Waals surface area contributed by atoms with Gasteiger partial charge in [-0.3, -0.25) is 14.4 Å². The minimum atomic E-state index is -0.214. The Morgan fingerprint density at radius 2 is 2.00 bits per heavy atom. The van der Waals surface area contributed by atoms with Crippen molar-refractivity contribution < 1.29 is 9.90 Å². The van der Waals surface area contributed by atoms with Crippen molar-refractivity contribution in [3.05, 3.63) is 17.0 Å². The third-order valence-electron chi connectivity index (χ3n) is 3.55. The van der Waals surface area contributed by atoms with Crippen molar-refractivity contribution in [2.24, 2.45) is 0 Å². The van der Waals surface area contributed by atoms with Crippen LogP contribution in [0.25, 0.3) is 0 Å². The van der Waals surface area contributed by atoms with Crippen LogP contribution in [0.1, 0.15) is 44.6 Å². The van der Waals surface area contributed by atoms with Gasteiger partial charge >= 0.3 is 0 Å². The number of amides is 1. The number of aliphatic hydroxyl groups excluding tert-OH is 1. The van der Waals surface area contributed by atoms with Crippen LogP contribution in [0.15, 0.2) is 0 Å². The van der Waals surface area contributed by atoms with E-state index in [4.69, 9.17) is 5.11 Å². The molecule has 2 N–H and O–H groups in total. The van der Waals surface area contributed by atoms with Crippen LogP contribution in [0.2, 0.25) is 0 Å². The van der Waals surface area contributed by atoms with Crippen LogP contribution in [0, 0.1) is 13.8 Å². The van der Waals surface area contributed by atoms with Crippen LogP contribution in [0.3, 0.4) is 0 Å². The lowest BCUT2D eigenvalue weighted by Crippen LogP contribution is -2.45. The summed E-state index contributed by atoms with van der Waals surface area (Å²) in [5.74, 6) is 0.0346. The van der Waals surface area contributed by atoms with E-state index in [9.17, 15) is 4.79 Å². The second-order valence-corrected chi connectivity index (χ2v) is 6.70. The summed E-state index contributed by atoms with van der Waals surface area (Å²) < 4.78 is 1.83. The normalized spacial score (nSPS) is 12.0. The van der Waals surface area contributed by atoms with Gasteiger partial charge in [0.15, 0.2) is 0 Å². The summed E-state index contributed by atoms with van der Waals surface area (Å²) in [6.45, 7) is 14.4. The average Bonchev–Trinajstić information content (AvgIpc) is 2.63. The van der Waals surface area contributed by atoms with Crippen LogP contribution in [0.5, 0.6) is 0 Å². The first-order valence-corrected chi connectivity index (χ1v) is 7.85. The van der Waals surface area contributed by atoms with Crippen molar-refractivity contribution in [3.63, 3.8) is 0 Å². The van der Waals surface area contributed by atoms with Gasteiger partial charge in [0.25, 0.3) is 0 Å². The molecule has 0 unspecified atom stereocenters. The first-order chi connectivity index (χ1) is 10.2. The molecule has 1 rings (SSSR count). The van der Waals surface area contributed by atoms with Crippen LogP contribution in [-0.2, 0) is 17.9 Å². The molecule has 0 saturated carbocycles. The maximum atomic E-state index is 12.1. The Morgan fingerprint density at radius 1 is 1.36 bits per heavy atom. The Kier molecular flexibility index (Phi) is 6.56. The molecule has 0 aliphatic carbocycles. The van der Waals surface area contributed by atoms with Gasteiger partial charge < -0.3 is 10.4 Å². The summed E-state index contributed by atoms with van der Waals surface area (Å²) in [4.78, 5) is 14.2. The molecule has 0 atom stereocenters. The highest BCUT2D eigenvalue weighted by Gasteiger charge is 2.19. The van der Waals surface area contributed by atoms with Crippen molar-refractivity contribution in [1.82, 2.24) is 20.0 Å². The van der Waals surface area contributed by atoms with Gasteiger partial charge in [0.2, 0.25) is 5.91 Å². The molecule has 0 bridgehead atoms. The van der Waals surface area contributed by atoms with Gasteiger partial charge in [0, 0.05) is 23.3 Å². The number of rotatable bonds is 7. The number of nitrogens with one attached hydrogen (secondary N) is 1. The molecule has 1 aromatic rings. The van der Waals surface area contributed by atoms with Crippen molar-refractivity contribution in [2.75, 3.05) is 19.7 Å². The van der Waals surface area contributed by atoms with E-state index in [1.54, 1.807) is 0 Å². The van der Waals surface area contributed by atoms with E-state index in [1.807, 2.05) is 46.2 Å². The zero-order valence-corrected chi connectivity index (χ0v) is 14.7. The van der Waals surface area contributed by atoms with Crippen molar-refractivity contribution in [3.8, 4) is 0 Å². The quantitative estimate of drug-likeness (QED) is 0.795. The number of hydrogen-bond acceptors (Lipinski definition) is 4. The van der Waals surface area contributed by atoms with Crippen molar-refractivity contribution in [2.45, 2.75) is 60.2 Å². The molecule has 0 aromatic carbocycles. The Bertz CT molecular complexity index is 503. The number of likely N-dealkylation sites (N-methyl/N-ethyl adjacent to an activating group) is 1. The van der Waals surface area contributed by atoms with Gasteiger partial charge in [-0.15, -0.1) is 0 Å². The van der Waals surface area contributed by atoms with Gasteiger partial charge in [-0.25, -0.2) is 0 Å². The smallest absolute Gasteiger partial charge is 0.234 e. The van der Waals surface area contributed by atoms with Gasteiger partial charge in [-0.05, 0) is 41.2 Å². The second-order valence-electron chi connectivity index (χ2n) is 6.70. The van der Waals surface area contributed by atoms with E-state index in [1.165, 1.54) is 0 Å². The molecule has 1 aromatic heterocycles. The topological polar surface area (TPSA) is 70.4 Å². The molecular formula is C16H30N4O2. The van der Waals surface area contributed by atoms with E-state index in [-0.39, 0.29) is 18.1 Å². The van der Waals surface area contributed by atoms with E-state index < -0.39 is 0 Å². The molecule has 22 heavy (non-hydrogen) atoms. The van der Waals surface area contributed by atoms with Gasteiger partial charge in [0.1, 0.15) is 0 Å². The van der Waals surface area contributed by atoms with E-state index in [2.05, 4.69) is 15.3 Å². The molecule has 0 aliphatic rings. The second kappa shape index (κ2) is 7.74. The average molecular weight is 310 g/mol. The number of aryl methyl sites for hydroxylation is 1. The lowest BCUT2D eigenvalue weighted by Gasteiger charge is -2.25. The molecule has 1 amide bonds. The molecule has 126 valence electrons. The number of aliphatic hydroxyl groups is 1. The fourth-order valence-electron chi connectivity index (χ4n) is 2.44. The first-order valence-electron chi connectivity index (χ1n) is 7.85. The molecule has 6 nitrogen and oxygen atoms in total. The summed E-state index contributed by atoms with van der Waals surface area (Å²) in [5, 5.41) is 16.5. The molecular weight excluding hydrogens is 280 g/mol. The highest BCUT2D eigenvalue weighted by Crippen LogP contribution is 2.15. The van der Waals surface area contributed by atoms with E-state index >= 15 is 0 Å². The highest BCUT2D eigenvalue weighted by molar-refractivity contribution is 5.78. The Morgan fingerprint density at radius 3 is 2.50 bits per heavy atom. The number of aromatic nitrogens is 2. The molecule has 6 heteroatoms. The molecule has 0 radical (unpaired) electrons. The Labute approximate surface area is 133 Å². The van der Waals surface area contributed by atoms with Crippen LogP contribution >= 0.6 is 0 Å². The number of carbonyl (C=O) groups is 1. The summed E-state index contributed by atoms with van der Waals surface area (Å²) in [7, 11) is 0. The van der Waals surface area contributed by atoms with Crippen LogP contribution < -0.4 is 5.32 Å². The van der Waals surface area contributed by atoms with E-state index in [0.29, 0.717) is 19.6 Å². The Balaban J connectivity index is 2.76. The van der Waals surface area contributed by atoms with Crippen LogP contribution in [0.4, 0.5) is 0 Å². The minimum absolute atomic E-state index is 0.0346. The number of carbonyl (C=O) groups excluding carboxylic acids is 1. The SMILES string of the molecule is CCN(CC(=O)NC(C)(C)C)Cc1c(C)nn(CCO)c1C. The van der Waals surface area contributed by atoms with Gasteiger partial charge in [-0.1, -0.05) is 6.92 Å². The predicted molar refractivity (Wildman–Crippen MR) is 87.6 cm³/mol. The van der Waals surface area contributed by atoms with Gasteiger partial charge in [-0.2, -0.15) is 5.10 Å². The minimum Gasteiger partial charge on any atom is -0.394 e. The lowest BCUT2D eigenvalue weighted by atomic mass is 10.1. The third-order valence-corrected chi connectivity index (χ3v) is 3.55. The van der Waals surface area contributed by atoms with Crippen LogP contribution in [-0.4, -0.2) is 50.9 Å². The molecule has 0 fully saturated rings. The van der Waals surface area contributed by atoms with E-state index in [0.717, 1.165) is 23.5 Å². The fourth-order valence-corrected chi connectivity index (χ4v) is 2.44. The summed E-state index contributed by atoms with van der Waals surface area (Å²) in [5.41, 5.74) is 2.94.